The Hall–Kier alpha value is -3.40. The Kier molecular flexibility index (Phi) is 7.73. The number of hydrogen-bond acceptors (Lipinski definition) is 8. The number of fused-ring (bicyclic) bond motifs is 1. The summed E-state index contributed by atoms with van der Waals surface area (Å²) in [6.07, 6.45) is 6.11. The van der Waals surface area contributed by atoms with E-state index in [1.165, 1.54) is 5.56 Å². The topological polar surface area (TPSA) is 140 Å². The van der Waals surface area contributed by atoms with E-state index >= 15 is 0 Å². The molecular formula is C27H35N5O5. The minimum absolute atomic E-state index is 0.100. The summed E-state index contributed by atoms with van der Waals surface area (Å²) < 4.78 is 11.3. The van der Waals surface area contributed by atoms with Crippen molar-refractivity contribution >= 4 is 29.3 Å². The van der Waals surface area contributed by atoms with Crippen molar-refractivity contribution in [1.29, 1.82) is 0 Å². The molecule has 10 heteroatoms. The fourth-order valence-electron chi connectivity index (χ4n) is 5.63. The van der Waals surface area contributed by atoms with Gasteiger partial charge in [-0.25, -0.2) is 0 Å². The molecule has 3 aliphatic rings. The Bertz CT molecular complexity index is 1110. The lowest BCUT2D eigenvalue weighted by Gasteiger charge is -2.28. The third kappa shape index (κ3) is 5.95. The number of aliphatic carboxylic acids is 1. The van der Waals surface area contributed by atoms with Crippen LogP contribution in [0.4, 0.5) is 17.5 Å². The Morgan fingerprint density at radius 3 is 2.57 bits per heavy atom. The predicted octanol–water partition coefficient (Wildman–Crippen LogP) is 3.69. The van der Waals surface area contributed by atoms with Crippen LogP contribution in [0.15, 0.2) is 24.3 Å². The number of carboxylic acids is 1. The molecule has 37 heavy (non-hydrogen) atoms. The Balaban J connectivity index is 1.24. The second-order valence-electron chi connectivity index (χ2n) is 10.3. The SMILES string of the molecule is Nc1nc(NCCC2CCOC2)nc2c1C(=O)N(c1ccc(C3CCC(CC(=O)O)CC3)cc1)CCO2. The van der Waals surface area contributed by atoms with Crippen LogP contribution in [-0.2, 0) is 9.53 Å². The van der Waals surface area contributed by atoms with Crippen molar-refractivity contribution in [2.45, 2.75) is 50.9 Å². The first-order chi connectivity index (χ1) is 18.0. The van der Waals surface area contributed by atoms with Crippen LogP contribution >= 0.6 is 0 Å². The lowest BCUT2D eigenvalue weighted by Crippen LogP contribution is -2.32. The number of aromatic nitrogens is 2. The Morgan fingerprint density at radius 1 is 1.08 bits per heavy atom. The van der Waals surface area contributed by atoms with Gasteiger partial charge in [-0.15, -0.1) is 0 Å². The number of carbonyl (C=O) groups excluding carboxylic acids is 1. The summed E-state index contributed by atoms with van der Waals surface area (Å²) in [6, 6.07) is 8.06. The van der Waals surface area contributed by atoms with Crippen LogP contribution in [-0.4, -0.2) is 59.9 Å². The second-order valence-corrected chi connectivity index (χ2v) is 10.3. The standard InChI is InChI=1S/C27H35N5O5/c28-24-23-25(31-27(30-24)29-11-9-18-10-13-36-16-18)37-14-12-32(26(23)35)21-7-5-20(6-8-21)19-3-1-17(2-4-19)15-22(33)34/h5-8,17-19H,1-4,9-16H2,(H,33,34)(H3,28,29,30,31). The molecule has 2 aromatic rings. The van der Waals surface area contributed by atoms with Crippen LogP contribution < -0.4 is 20.7 Å². The number of carboxylic acid groups (broad SMARTS) is 1. The van der Waals surface area contributed by atoms with Crippen LogP contribution in [0.1, 0.15) is 66.8 Å². The first-order valence-electron chi connectivity index (χ1n) is 13.2. The first kappa shape index (κ1) is 25.3. The van der Waals surface area contributed by atoms with Crippen LogP contribution in [0.2, 0.25) is 0 Å². The number of ether oxygens (including phenoxy) is 2. The number of anilines is 3. The molecule has 2 aliphatic heterocycles. The molecule has 198 valence electrons. The third-order valence-electron chi connectivity index (χ3n) is 7.76. The molecular weight excluding hydrogens is 474 g/mol. The molecule has 1 aromatic heterocycles. The van der Waals surface area contributed by atoms with E-state index in [1.54, 1.807) is 4.90 Å². The van der Waals surface area contributed by atoms with E-state index in [9.17, 15) is 9.59 Å². The highest BCUT2D eigenvalue weighted by molar-refractivity contribution is 6.10. The van der Waals surface area contributed by atoms with Gasteiger partial charge in [0, 0.05) is 31.9 Å². The summed E-state index contributed by atoms with van der Waals surface area (Å²) in [7, 11) is 0. The van der Waals surface area contributed by atoms with Gasteiger partial charge in [-0.05, 0) is 74.0 Å². The third-order valence-corrected chi connectivity index (χ3v) is 7.76. The lowest BCUT2D eigenvalue weighted by molar-refractivity contribution is -0.138. The molecule has 0 bridgehead atoms. The van der Waals surface area contributed by atoms with Gasteiger partial charge in [0.1, 0.15) is 18.0 Å². The number of nitrogens with one attached hydrogen (secondary N) is 1. The monoisotopic (exact) mass is 509 g/mol. The minimum Gasteiger partial charge on any atom is -0.481 e. The number of nitrogen functional groups attached to an aromatic ring is 1. The van der Waals surface area contributed by atoms with Crippen LogP contribution in [0, 0.1) is 11.8 Å². The van der Waals surface area contributed by atoms with E-state index in [4.69, 9.17) is 20.3 Å². The predicted molar refractivity (Wildman–Crippen MR) is 139 cm³/mol. The first-order valence-corrected chi connectivity index (χ1v) is 13.2. The van der Waals surface area contributed by atoms with Crippen molar-refractivity contribution < 1.29 is 24.2 Å². The molecule has 1 aromatic carbocycles. The molecule has 0 radical (unpaired) electrons. The van der Waals surface area contributed by atoms with Crippen molar-refractivity contribution in [1.82, 2.24) is 9.97 Å². The van der Waals surface area contributed by atoms with E-state index < -0.39 is 5.97 Å². The van der Waals surface area contributed by atoms with Crippen molar-refractivity contribution in [3.8, 4) is 5.88 Å². The average Bonchev–Trinajstić information content (AvgIpc) is 3.34. The molecule has 1 saturated heterocycles. The summed E-state index contributed by atoms with van der Waals surface area (Å²) >= 11 is 0. The normalized spacial score (nSPS) is 23.7. The highest BCUT2D eigenvalue weighted by Crippen LogP contribution is 2.38. The molecule has 1 atom stereocenters. The highest BCUT2D eigenvalue weighted by atomic mass is 16.5. The zero-order chi connectivity index (χ0) is 25.8. The van der Waals surface area contributed by atoms with E-state index in [0.717, 1.165) is 57.4 Å². The fourth-order valence-corrected chi connectivity index (χ4v) is 5.63. The fraction of sp³-hybridized carbons (Fsp3) is 0.556. The van der Waals surface area contributed by atoms with E-state index in [1.807, 2.05) is 12.1 Å². The molecule has 1 amide bonds. The number of hydrogen-bond donors (Lipinski definition) is 3. The van der Waals surface area contributed by atoms with Gasteiger partial charge in [-0.3, -0.25) is 9.59 Å². The van der Waals surface area contributed by atoms with Gasteiger partial charge >= 0.3 is 5.97 Å². The molecule has 1 aliphatic carbocycles. The van der Waals surface area contributed by atoms with Crippen molar-refractivity contribution in [2.75, 3.05) is 48.9 Å². The van der Waals surface area contributed by atoms with Crippen molar-refractivity contribution in [3.63, 3.8) is 0 Å². The van der Waals surface area contributed by atoms with Crippen molar-refractivity contribution in [2.24, 2.45) is 11.8 Å². The number of benzene rings is 1. The maximum atomic E-state index is 13.5. The minimum atomic E-state index is -0.714. The quantitative estimate of drug-likeness (QED) is 0.486. The number of carbonyl (C=O) groups is 2. The number of nitrogens with zero attached hydrogens (tertiary/aromatic N) is 3. The molecule has 1 saturated carbocycles. The molecule has 0 spiro atoms. The zero-order valence-electron chi connectivity index (χ0n) is 21.0. The van der Waals surface area contributed by atoms with Crippen molar-refractivity contribution in [3.05, 3.63) is 35.4 Å². The second kappa shape index (κ2) is 11.3. The van der Waals surface area contributed by atoms with Gasteiger partial charge in [-0.1, -0.05) is 12.1 Å². The highest BCUT2D eigenvalue weighted by Gasteiger charge is 2.30. The Labute approximate surface area is 216 Å². The molecule has 2 fully saturated rings. The van der Waals surface area contributed by atoms with E-state index in [0.29, 0.717) is 37.5 Å². The molecule has 5 rings (SSSR count). The van der Waals surface area contributed by atoms with Gasteiger partial charge in [0.15, 0.2) is 0 Å². The van der Waals surface area contributed by atoms with Gasteiger partial charge in [0.2, 0.25) is 11.8 Å². The van der Waals surface area contributed by atoms with Gasteiger partial charge in [-0.2, -0.15) is 9.97 Å². The lowest BCUT2D eigenvalue weighted by atomic mass is 9.77. The van der Waals surface area contributed by atoms with Crippen LogP contribution in [0.25, 0.3) is 0 Å². The van der Waals surface area contributed by atoms with Gasteiger partial charge < -0.3 is 30.5 Å². The summed E-state index contributed by atoms with van der Waals surface area (Å²) in [5.74, 6) is 0.904. The number of amides is 1. The summed E-state index contributed by atoms with van der Waals surface area (Å²) in [5.41, 5.74) is 8.40. The van der Waals surface area contributed by atoms with Crippen LogP contribution in [0.3, 0.4) is 0 Å². The maximum Gasteiger partial charge on any atom is 0.303 e. The van der Waals surface area contributed by atoms with Crippen LogP contribution in [0.5, 0.6) is 5.88 Å². The molecule has 10 nitrogen and oxygen atoms in total. The smallest absolute Gasteiger partial charge is 0.303 e. The summed E-state index contributed by atoms with van der Waals surface area (Å²) in [5, 5.41) is 12.2. The maximum absolute atomic E-state index is 13.5. The Morgan fingerprint density at radius 2 is 1.86 bits per heavy atom. The molecule has 3 heterocycles. The zero-order valence-corrected chi connectivity index (χ0v) is 21.0. The number of nitrogens with two attached hydrogens (primary N) is 1. The van der Waals surface area contributed by atoms with Gasteiger partial charge in [0.05, 0.1) is 6.54 Å². The van der Waals surface area contributed by atoms with E-state index in [2.05, 4.69) is 27.4 Å². The largest absolute Gasteiger partial charge is 0.481 e. The molecule has 4 N–H and O–H groups in total. The summed E-state index contributed by atoms with van der Waals surface area (Å²) in [6.45, 7) is 2.97. The average molecular weight is 510 g/mol. The summed E-state index contributed by atoms with van der Waals surface area (Å²) in [4.78, 5) is 34.9. The number of rotatable bonds is 8. The van der Waals surface area contributed by atoms with E-state index in [-0.39, 0.29) is 35.5 Å². The van der Waals surface area contributed by atoms with Gasteiger partial charge in [0.25, 0.3) is 5.91 Å². The molecule has 1 unspecified atom stereocenters.